The van der Waals surface area contributed by atoms with Crippen LogP contribution in [0.25, 0.3) is 0 Å². The fourth-order valence-corrected chi connectivity index (χ4v) is 2.55. The van der Waals surface area contributed by atoms with Gasteiger partial charge >= 0.3 is 5.97 Å². The fraction of sp³-hybridized carbons (Fsp3) is 0.500. The first-order chi connectivity index (χ1) is 9.79. The fourth-order valence-electron chi connectivity index (χ4n) is 2.55. The third kappa shape index (κ3) is 3.61. The molecule has 0 aliphatic carbocycles. The third-order valence-electron chi connectivity index (χ3n) is 3.87. The van der Waals surface area contributed by atoms with Gasteiger partial charge in [-0.15, -0.1) is 0 Å². The van der Waals surface area contributed by atoms with Crippen LogP contribution in [0.5, 0.6) is 0 Å². The standard InChI is InChI=1S/C16H22N2O3/c1-16(2,3)18-9-7-17(8-10-18)14(19)12-5-4-6-13(11-12)15(20)21/h4-6,11H,7-10H2,1-3H3,(H,20,21). The van der Waals surface area contributed by atoms with Crippen molar-refractivity contribution in [1.29, 1.82) is 0 Å². The second kappa shape index (κ2) is 5.85. The lowest BCUT2D eigenvalue weighted by Gasteiger charge is -2.42. The zero-order valence-corrected chi connectivity index (χ0v) is 12.8. The second-order valence-corrected chi connectivity index (χ2v) is 6.34. The molecule has 0 radical (unpaired) electrons. The molecule has 1 fully saturated rings. The molecule has 0 unspecified atom stereocenters. The average Bonchev–Trinajstić information content (AvgIpc) is 2.46. The number of hydrogen-bond acceptors (Lipinski definition) is 3. The maximum Gasteiger partial charge on any atom is 0.335 e. The van der Waals surface area contributed by atoms with Crippen molar-refractivity contribution >= 4 is 11.9 Å². The molecule has 1 heterocycles. The van der Waals surface area contributed by atoms with E-state index in [2.05, 4.69) is 25.7 Å². The van der Waals surface area contributed by atoms with E-state index in [4.69, 9.17) is 5.11 Å². The van der Waals surface area contributed by atoms with Gasteiger partial charge in [-0.1, -0.05) is 6.07 Å². The summed E-state index contributed by atoms with van der Waals surface area (Å²) in [6.45, 7) is 9.53. The van der Waals surface area contributed by atoms with Crippen LogP contribution in [-0.4, -0.2) is 58.5 Å². The van der Waals surface area contributed by atoms with E-state index >= 15 is 0 Å². The number of amides is 1. The lowest BCUT2D eigenvalue weighted by atomic mass is 10.0. The van der Waals surface area contributed by atoms with Gasteiger partial charge in [0.25, 0.3) is 5.91 Å². The largest absolute Gasteiger partial charge is 0.478 e. The van der Waals surface area contributed by atoms with Gasteiger partial charge in [-0.2, -0.15) is 0 Å². The summed E-state index contributed by atoms with van der Waals surface area (Å²) in [7, 11) is 0. The van der Waals surface area contributed by atoms with Gasteiger partial charge < -0.3 is 10.0 Å². The predicted octanol–water partition coefficient (Wildman–Crippen LogP) is 1.94. The number of aromatic carboxylic acids is 1. The molecule has 21 heavy (non-hydrogen) atoms. The molecule has 5 nitrogen and oxygen atoms in total. The van der Waals surface area contributed by atoms with E-state index in [1.165, 1.54) is 12.1 Å². The van der Waals surface area contributed by atoms with Crippen molar-refractivity contribution < 1.29 is 14.7 Å². The number of piperazine rings is 1. The van der Waals surface area contributed by atoms with Crippen LogP contribution in [0.1, 0.15) is 41.5 Å². The normalized spacial score (nSPS) is 16.8. The van der Waals surface area contributed by atoms with Crippen molar-refractivity contribution in [2.24, 2.45) is 0 Å². The van der Waals surface area contributed by atoms with Crippen molar-refractivity contribution in [3.05, 3.63) is 35.4 Å². The molecule has 1 aliphatic rings. The number of carbonyl (C=O) groups excluding carboxylic acids is 1. The summed E-state index contributed by atoms with van der Waals surface area (Å²) < 4.78 is 0. The second-order valence-electron chi connectivity index (χ2n) is 6.34. The minimum Gasteiger partial charge on any atom is -0.478 e. The molecule has 1 saturated heterocycles. The van der Waals surface area contributed by atoms with Crippen LogP contribution in [0.4, 0.5) is 0 Å². The first-order valence-electron chi connectivity index (χ1n) is 7.17. The number of nitrogens with zero attached hydrogens (tertiary/aromatic N) is 2. The van der Waals surface area contributed by atoms with Crippen LogP contribution < -0.4 is 0 Å². The van der Waals surface area contributed by atoms with E-state index < -0.39 is 5.97 Å². The number of carbonyl (C=O) groups is 2. The molecule has 1 aromatic rings. The highest BCUT2D eigenvalue weighted by atomic mass is 16.4. The lowest BCUT2D eigenvalue weighted by molar-refractivity contribution is 0.0451. The number of benzene rings is 1. The lowest BCUT2D eigenvalue weighted by Crippen LogP contribution is -2.54. The van der Waals surface area contributed by atoms with E-state index in [1.807, 2.05) is 0 Å². The summed E-state index contributed by atoms with van der Waals surface area (Å²) in [5.74, 6) is -1.10. The summed E-state index contributed by atoms with van der Waals surface area (Å²) in [6.07, 6.45) is 0. The van der Waals surface area contributed by atoms with E-state index in [9.17, 15) is 9.59 Å². The maximum atomic E-state index is 12.4. The Hall–Kier alpha value is -1.88. The first kappa shape index (κ1) is 15.5. The Bertz CT molecular complexity index is 541. The zero-order chi connectivity index (χ0) is 15.6. The highest BCUT2D eigenvalue weighted by Crippen LogP contribution is 2.17. The molecule has 2 rings (SSSR count). The van der Waals surface area contributed by atoms with Gasteiger partial charge in [-0.05, 0) is 39.0 Å². The molecule has 0 atom stereocenters. The van der Waals surface area contributed by atoms with Crippen LogP contribution in [0.15, 0.2) is 24.3 Å². The van der Waals surface area contributed by atoms with E-state index in [0.29, 0.717) is 18.7 Å². The van der Waals surface area contributed by atoms with Gasteiger partial charge in [0, 0.05) is 37.3 Å². The van der Waals surface area contributed by atoms with Crippen LogP contribution in [0.3, 0.4) is 0 Å². The van der Waals surface area contributed by atoms with Crippen molar-refractivity contribution in [2.75, 3.05) is 26.2 Å². The quantitative estimate of drug-likeness (QED) is 0.904. The summed E-state index contributed by atoms with van der Waals surface area (Å²) in [5, 5.41) is 8.99. The number of rotatable bonds is 2. The summed E-state index contributed by atoms with van der Waals surface area (Å²) in [6, 6.07) is 6.23. The van der Waals surface area contributed by atoms with Gasteiger partial charge in [-0.3, -0.25) is 9.69 Å². The number of carboxylic acids is 1. The maximum absolute atomic E-state index is 12.4. The van der Waals surface area contributed by atoms with Crippen LogP contribution >= 0.6 is 0 Å². The Balaban J connectivity index is 2.05. The van der Waals surface area contributed by atoms with Crippen molar-refractivity contribution in [3.8, 4) is 0 Å². The van der Waals surface area contributed by atoms with Crippen molar-refractivity contribution in [1.82, 2.24) is 9.80 Å². The minimum absolute atomic E-state index is 0.0911. The monoisotopic (exact) mass is 290 g/mol. The van der Waals surface area contributed by atoms with Crippen molar-refractivity contribution in [2.45, 2.75) is 26.3 Å². The van der Waals surface area contributed by atoms with Crippen LogP contribution in [0, 0.1) is 0 Å². The number of carboxylic acid groups (broad SMARTS) is 1. The molecule has 0 bridgehead atoms. The molecule has 1 amide bonds. The molecule has 1 N–H and O–H groups in total. The van der Waals surface area contributed by atoms with Gasteiger partial charge in [0.2, 0.25) is 0 Å². The summed E-state index contributed by atoms with van der Waals surface area (Å²) in [5.41, 5.74) is 0.700. The van der Waals surface area contributed by atoms with Crippen LogP contribution in [0.2, 0.25) is 0 Å². The SMILES string of the molecule is CC(C)(C)N1CCN(C(=O)c2cccc(C(=O)O)c2)CC1. The molecule has 1 aliphatic heterocycles. The van der Waals surface area contributed by atoms with Gasteiger partial charge in [-0.25, -0.2) is 4.79 Å². The Morgan fingerprint density at radius 1 is 1.05 bits per heavy atom. The van der Waals surface area contributed by atoms with E-state index in [-0.39, 0.29) is 17.0 Å². The molecular formula is C16H22N2O3. The third-order valence-corrected chi connectivity index (χ3v) is 3.87. The highest BCUT2D eigenvalue weighted by molar-refractivity contribution is 5.97. The van der Waals surface area contributed by atoms with Crippen LogP contribution in [-0.2, 0) is 0 Å². The Morgan fingerprint density at radius 2 is 1.62 bits per heavy atom. The van der Waals surface area contributed by atoms with Crippen molar-refractivity contribution in [3.63, 3.8) is 0 Å². The predicted molar refractivity (Wildman–Crippen MR) is 80.6 cm³/mol. The Kier molecular flexibility index (Phi) is 4.32. The molecule has 5 heteroatoms. The molecule has 0 spiro atoms. The number of hydrogen-bond donors (Lipinski definition) is 1. The Labute approximate surface area is 125 Å². The highest BCUT2D eigenvalue weighted by Gasteiger charge is 2.28. The molecule has 0 saturated carbocycles. The minimum atomic E-state index is -1.01. The first-order valence-corrected chi connectivity index (χ1v) is 7.17. The molecule has 1 aromatic carbocycles. The molecular weight excluding hydrogens is 268 g/mol. The smallest absolute Gasteiger partial charge is 0.335 e. The van der Waals surface area contributed by atoms with Gasteiger partial charge in [0.1, 0.15) is 0 Å². The van der Waals surface area contributed by atoms with E-state index in [1.54, 1.807) is 17.0 Å². The molecule has 114 valence electrons. The zero-order valence-electron chi connectivity index (χ0n) is 12.8. The summed E-state index contributed by atoms with van der Waals surface area (Å²) in [4.78, 5) is 27.6. The van der Waals surface area contributed by atoms with Gasteiger partial charge in [0.05, 0.1) is 5.56 Å². The molecule has 0 aromatic heterocycles. The average molecular weight is 290 g/mol. The van der Waals surface area contributed by atoms with E-state index in [0.717, 1.165) is 13.1 Å². The van der Waals surface area contributed by atoms with Gasteiger partial charge in [0.15, 0.2) is 0 Å². The Morgan fingerprint density at radius 3 is 2.14 bits per heavy atom. The topological polar surface area (TPSA) is 60.9 Å². The summed E-state index contributed by atoms with van der Waals surface area (Å²) >= 11 is 0.